The predicted octanol–water partition coefficient (Wildman–Crippen LogP) is 0.127. The molecule has 0 fully saturated rings. The van der Waals surface area contributed by atoms with Gasteiger partial charge in [-0.05, 0) is 31.2 Å². The summed E-state index contributed by atoms with van der Waals surface area (Å²) in [7, 11) is 0. The van der Waals surface area contributed by atoms with Crippen LogP contribution in [0.2, 0.25) is 0 Å². The lowest BCUT2D eigenvalue weighted by Gasteiger charge is -2.23. The fourth-order valence-corrected chi connectivity index (χ4v) is 3.43. The van der Waals surface area contributed by atoms with Gasteiger partial charge in [0.2, 0.25) is 17.7 Å². The third-order valence-electron chi connectivity index (χ3n) is 5.32. The van der Waals surface area contributed by atoms with Gasteiger partial charge in [-0.1, -0.05) is 44.2 Å². The number of hydrogen-bond donors (Lipinski definition) is 6. The molecule has 1 aromatic heterocycles. The SMILES string of the molecule is CC(C)CC(NC(=O)C(C)NC(=O)C(Cc1cnc[nH]1)NC(=O)C(N)Cc1ccccc1)C(=O)O. The molecular weight excluding hydrogens is 452 g/mol. The highest BCUT2D eigenvalue weighted by Crippen LogP contribution is 2.07. The normalized spacial score (nSPS) is 14.4. The first kappa shape index (κ1) is 27.5. The van der Waals surface area contributed by atoms with E-state index in [0.717, 1.165) is 5.56 Å². The van der Waals surface area contributed by atoms with E-state index in [0.29, 0.717) is 5.69 Å². The molecule has 1 heterocycles. The van der Waals surface area contributed by atoms with Gasteiger partial charge in [0, 0.05) is 18.3 Å². The van der Waals surface area contributed by atoms with Gasteiger partial charge >= 0.3 is 5.97 Å². The summed E-state index contributed by atoms with van der Waals surface area (Å²) in [6, 6.07) is 5.23. The Hall–Kier alpha value is -3.73. The average molecular weight is 487 g/mol. The van der Waals surface area contributed by atoms with Crippen LogP contribution >= 0.6 is 0 Å². The molecule has 0 saturated heterocycles. The van der Waals surface area contributed by atoms with Gasteiger partial charge < -0.3 is 31.8 Å². The van der Waals surface area contributed by atoms with Crippen molar-refractivity contribution in [2.75, 3.05) is 0 Å². The van der Waals surface area contributed by atoms with Crippen LogP contribution in [0.15, 0.2) is 42.9 Å². The highest BCUT2D eigenvalue weighted by atomic mass is 16.4. The number of nitrogens with two attached hydrogens (primary N) is 1. The van der Waals surface area contributed by atoms with Gasteiger partial charge in [0.25, 0.3) is 0 Å². The summed E-state index contributed by atoms with van der Waals surface area (Å²) in [6.45, 7) is 5.13. The van der Waals surface area contributed by atoms with Gasteiger partial charge in [0.15, 0.2) is 0 Å². The Kier molecular flexibility index (Phi) is 10.4. The van der Waals surface area contributed by atoms with Crippen molar-refractivity contribution in [3.05, 3.63) is 54.1 Å². The summed E-state index contributed by atoms with van der Waals surface area (Å²) in [5.74, 6) is -2.87. The summed E-state index contributed by atoms with van der Waals surface area (Å²) < 4.78 is 0. The summed E-state index contributed by atoms with van der Waals surface area (Å²) in [5.41, 5.74) is 7.54. The monoisotopic (exact) mass is 486 g/mol. The van der Waals surface area contributed by atoms with Crippen LogP contribution in [-0.4, -0.2) is 62.9 Å². The maximum absolute atomic E-state index is 13.0. The lowest BCUT2D eigenvalue weighted by molar-refractivity contribution is -0.142. The Morgan fingerprint density at radius 2 is 1.60 bits per heavy atom. The zero-order chi connectivity index (χ0) is 26.0. The smallest absolute Gasteiger partial charge is 0.326 e. The lowest BCUT2D eigenvalue weighted by Crippen LogP contribution is -2.57. The van der Waals surface area contributed by atoms with E-state index in [1.807, 2.05) is 44.2 Å². The van der Waals surface area contributed by atoms with Crippen LogP contribution in [0.5, 0.6) is 0 Å². The highest BCUT2D eigenvalue weighted by Gasteiger charge is 2.29. The molecule has 7 N–H and O–H groups in total. The van der Waals surface area contributed by atoms with Crippen molar-refractivity contribution in [2.45, 2.75) is 64.2 Å². The quantitative estimate of drug-likeness (QED) is 0.233. The number of benzene rings is 1. The molecule has 0 saturated carbocycles. The van der Waals surface area contributed by atoms with Crippen LogP contribution in [0.1, 0.15) is 38.4 Å². The van der Waals surface area contributed by atoms with Crippen LogP contribution in [-0.2, 0) is 32.0 Å². The van der Waals surface area contributed by atoms with Crippen molar-refractivity contribution in [1.82, 2.24) is 25.9 Å². The van der Waals surface area contributed by atoms with Crippen LogP contribution in [0, 0.1) is 5.92 Å². The predicted molar refractivity (Wildman–Crippen MR) is 129 cm³/mol. The Balaban J connectivity index is 2.04. The largest absolute Gasteiger partial charge is 0.480 e. The molecule has 3 amide bonds. The Morgan fingerprint density at radius 3 is 2.17 bits per heavy atom. The van der Waals surface area contributed by atoms with E-state index in [2.05, 4.69) is 25.9 Å². The second-order valence-electron chi connectivity index (χ2n) is 8.90. The third kappa shape index (κ3) is 9.20. The van der Waals surface area contributed by atoms with Crippen molar-refractivity contribution in [3.8, 4) is 0 Å². The Bertz CT molecular complexity index is 980. The maximum Gasteiger partial charge on any atom is 0.326 e. The zero-order valence-corrected chi connectivity index (χ0v) is 20.2. The van der Waals surface area contributed by atoms with Crippen LogP contribution in [0.4, 0.5) is 0 Å². The Morgan fingerprint density at radius 1 is 0.943 bits per heavy atom. The van der Waals surface area contributed by atoms with E-state index in [9.17, 15) is 24.3 Å². The zero-order valence-electron chi connectivity index (χ0n) is 20.2. The van der Waals surface area contributed by atoms with Gasteiger partial charge in [0.05, 0.1) is 12.4 Å². The minimum atomic E-state index is -1.15. The molecule has 4 unspecified atom stereocenters. The van der Waals surface area contributed by atoms with Crippen molar-refractivity contribution in [3.63, 3.8) is 0 Å². The number of carboxylic acid groups (broad SMARTS) is 1. The minimum Gasteiger partial charge on any atom is -0.480 e. The number of carboxylic acids is 1. The van der Waals surface area contributed by atoms with Gasteiger partial charge in [-0.2, -0.15) is 0 Å². The molecule has 1 aromatic carbocycles. The molecule has 35 heavy (non-hydrogen) atoms. The number of aromatic nitrogens is 2. The minimum absolute atomic E-state index is 0.0513. The number of nitrogens with zero attached hydrogens (tertiary/aromatic N) is 1. The van der Waals surface area contributed by atoms with E-state index in [1.165, 1.54) is 19.4 Å². The van der Waals surface area contributed by atoms with Gasteiger partial charge in [-0.3, -0.25) is 14.4 Å². The summed E-state index contributed by atoms with van der Waals surface area (Å²) in [4.78, 5) is 56.5. The molecule has 190 valence electrons. The highest BCUT2D eigenvalue weighted by molar-refractivity contribution is 5.94. The number of H-pyrrole nitrogens is 1. The summed E-state index contributed by atoms with van der Waals surface area (Å²) in [5, 5.41) is 17.0. The molecule has 0 aliphatic carbocycles. The van der Waals surface area contributed by atoms with Crippen LogP contribution in [0.3, 0.4) is 0 Å². The first-order valence-corrected chi connectivity index (χ1v) is 11.5. The number of carbonyl (C=O) groups is 4. The third-order valence-corrected chi connectivity index (χ3v) is 5.32. The standard InChI is InChI=1S/C24H34N6O5/c1-14(2)9-20(24(34)35)30-21(31)15(3)28-23(33)19(11-17-12-26-13-27-17)29-22(32)18(25)10-16-7-5-4-6-8-16/h4-8,12-15,18-20H,9-11,25H2,1-3H3,(H,26,27)(H,28,33)(H,29,32)(H,30,31)(H,34,35). The fraction of sp³-hybridized carbons (Fsp3) is 0.458. The van der Waals surface area contributed by atoms with Crippen molar-refractivity contribution in [2.24, 2.45) is 11.7 Å². The second kappa shape index (κ2) is 13.2. The molecule has 2 aromatic rings. The molecule has 11 nitrogen and oxygen atoms in total. The number of imidazole rings is 1. The van der Waals surface area contributed by atoms with E-state index in [4.69, 9.17) is 5.73 Å². The van der Waals surface area contributed by atoms with Crippen LogP contribution in [0.25, 0.3) is 0 Å². The summed E-state index contributed by atoms with van der Waals surface area (Å²) in [6.07, 6.45) is 3.60. The topological polar surface area (TPSA) is 179 Å². The molecule has 4 atom stereocenters. The van der Waals surface area contributed by atoms with Crippen molar-refractivity contribution in [1.29, 1.82) is 0 Å². The van der Waals surface area contributed by atoms with Crippen molar-refractivity contribution >= 4 is 23.7 Å². The molecule has 0 radical (unpaired) electrons. The van der Waals surface area contributed by atoms with E-state index < -0.39 is 47.9 Å². The van der Waals surface area contributed by atoms with E-state index >= 15 is 0 Å². The average Bonchev–Trinajstić information content (AvgIpc) is 3.31. The molecule has 0 spiro atoms. The number of hydrogen-bond acceptors (Lipinski definition) is 6. The number of nitrogens with one attached hydrogen (secondary N) is 4. The van der Waals surface area contributed by atoms with Gasteiger partial charge in [-0.15, -0.1) is 0 Å². The summed E-state index contributed by atoms with van der Waals surface area (Å²) >= 11 is 0. The second-order valence-corrected chi connectivity index (χ2v) is 8.90. The lowest BCUT2D eigenvalue weighted by atomic mass is 10.0. The first-order chi connectivity index (χ1) is 16.6. The maximum atomic E-state index is 13.0. The van der Waals surface area contributed by atoms with Gasteiger partial charge in [-0.25, -0.2) is 9.78 Å². The van der Waals surface area contributed by atoms with Crippen LogP contribution < -0.4 is 21.7 Å². The molecule has 11 heteroatoms. The van der Waals surface area contributed by atoms with Crippen molar-refractivity contribution < 1.29 is 24.3 Å². The number of amides is 3. The van der Waals surface area contributed by atoms with E-state index in [-0.39, 0.29) is 25.2 Å². The molecule has 0 bridgehead atoms. The molecule has 0 aliphatic rings. The van der Waals surface area contributed by atoms with E-state index in [1.54, 1.807) is 0 Å². The van der Waals surface area contributed by atoms with Gasteiger partial charge in [0.1, 0.15) is 18.1 Å². The first-order valence-electron chi connectivity index (χ1n) is 11.5. The number of carbonyl (C=O) groups excluding carboxylic acids is 3. The molecule has 2 rings (SSSR count). The fourth-order valence-electron chi connectivity index (χ4n) is 3.43. The number of rotatable bonds is 13. The number of aliphatic carboxylic acids is 1. The Labute approximate surface area is 204 Å². The number of aromatic amines is 1. The molecular formula is C24H34N6O5. The molecule has 0 aliphatic heterocycles.